The van der Waals surface area contributed by atoms with Crippen LogP contribution in [-0.2, 0) is 0 Å². The van der Waals surface area contributed by atoms with E-state index in [0.717, 1.165) is 22.2 Å². The molecule has 0 spiro atoms. The van der Waals surface area contributed by atoms with Gasteiger partial charge in [0.1, 0.15) is 11.3 Å². The molecule has 0 saturated heterocycles. The zero-order chi connectivity index (χ0) is 20.2. The van der Waals surface area contributed by atoms with Crippen LogP contribution in [0.1, 0.15) is 5.56 Å². The van der Waals surface area contributed by atoms with Gasteiger partial charge in [-0.15, -0.1) is 17.9 Å². The van der Waals surface area contributed by atoms with Crippen molar-refractivity contribution in [2.45, 2.75) is 0 Å². The number of aromatic nitrogens is 1. The van der Waals surface area contributed by atoms with E-state index in [4.69, 9.17) is 4.42 Å². The summed E-state index contributed by atoms with van der Waals surface area (Å²) in [6.07, 6.45) is 3.35. The Hall–Kier alpha value is -3.78. The molecule has 29 heavy (non-hydrogen) atoms. The van der Waals surface area contributed by atoms with Gasteiger partial charge in [-0.3, -0.25) is 15.1 Å². The van der Waals surface area contributed by atoms with E-state index in [1.54, 1.807) is 29.1 Å². The summed E-state index contributed by atoms with van der Waals surface area (Å²) in [5, 5.41) is 18.3. The highest BCUT2D eigenvalue weighted by Gasteiger charge is 2.12. The lowest BCUT2D eigenvalue weighted by Gasteiger charge is -2.00. The molecule has 0 N–H and O–H groups in total. The number of rotatable bonds is 6. The van der Waals surface area contributed by atoms with Crippen LogP contribution in [0.4, 0.5) is 5.69 Å². The third-order valence-electron chi connectivity index (χ3n) is 4.15. The first kappa shape index (κ1) is 18.6. The molecule has 8 heteroatoms. The van der Waals surface area contributed by atoms with Crippen LogP contribution in [-0.4, -0.2) is 22.4 Å². The first-order chi connectivity index (χ1) is 14.2. The molecule has 7 nitrogen and oxygen atoms in total. The van der Waals surface area contributed by atoms with Crippen LogP contribution in [0.3, 0.4) is 0 Å². The minimum atomic E-state index is -0.430. The van der Waals surface area contributed by atoms with Crippen molar-refractivity contribution in [3.05, 3.63) is 93.1 Å². The van der Waals surface area contributed by atoms with Crippen molar-refractivity contribution in [1.29, 1.82) is 0 Å². The predicted octanol–water partition coefficient (Wildman–Crippen LogP) is 4.84. The normalized spacial score (nSPS) is 12.1. The number of hydrogen-bond acceptors (Lipinski definition) is 6. The number of fused-ring (bicyclic) bond motifs is 1. The Labute approximate surface area is 169 Å². The number of furan rings is 1. The lowest BCUT2D eigenvalue weighted by Crippen LogP contribution is -2.12. The minimum absolute atomic E-state index is 0.0370. The maximum Gasteiger partial charge on any atom is 0.269 e. The van der Waals surface area contributed by atoms with E-state index in [9.17, 15) is 10.1 Å². The van der Waals surface area contributed by atoms with Gasteiger partial charge in [-0.25, -0.2) is 4.68 Å². The zero-order valence-electron chi connectivity index (χ0n) is 15.3. The van der Waals surface area contributed by atoms with Gasteiger partial charge in [0.2, 0.25) is 4.80 Å². The van der Waals surface area contributed by atoms with Crippen LogP contribution in [0, 0.1) is 10.1 Å². The van der Waals surface area contributed by atoms with Gasteiger partial charge in [-0.05, 0) is 29.8 Å². The van der Waals surface area contributed by atoms with Gasteiger partial charge in [-0.1, -0.05) is 24.3 Å². The average Bonchev–Trinajstić information content (AvgIpc) is 3.34. The highest BCUT2D eigenvalue weighted by atomic mass is 32.1. The van der Waals surface area contributed by atoms with E-state index in [-0.39, 0.29) is 5.69 Å². The van der Waals surface area contributed by atoms with Crippen LogP contribution in [0.25, 0.3) is 22.4 Å². The SMILES string of the molecule is C=CCN=c1scc(-c2cc3ccccc3o2)n1N=Cc1ccc([N+](=O)[O-])cc1. The summed E-state index contributed by atoms with van der Waals surface area (Å²) >= 11 is 1.45. The second-order valence-corrected chi connectivity index (χ2v) is 6.92. The monoisotopic (exact) mass is 404 g/mol. The van der Waals surface area contributed by atoms with Crippen molar-refractivity contribution < 1.29 is 9.34 Å². The molecular weight excluding hydrogens is 388 g/mol. The lowest BCUT2D eigenvalue weighted by molar-refractivity contribution is -0.384. The predicted molar refractivity (Wildman–Crippen MR) is 114 cm³/mol. The molecule has 0 atom stereocenters. The Morgan fingerprint density at radius 1 is 1.21 bits per heavy atom. The summed E-state index contributed by atoms with van der Waals surface area (Å²) in [7, 11) is 0. The second-order valence-electron chi connectivity index (χ2n) is 6.09. The number of nitro groups is 1. The van der Waals surface area contributed by atoms with Gasteiger partial charge in [0.15, 0.2) is 5.76 Å². The molecule has 2 heterocycles. The summed E-state index contributed by atoms with van der Waals surface area (Å²) in [6, 6.07) is 15.9. The van der Waals surface area contributed by atoms with Crippen LogP contribution in [0.5, 0.6) is 0 Å². The molecule has 4 rings (SSSR count). The number of non-ortho nitro benzene ring substituents is 1. The highest BCUT2D eigenvalue weighted by molar-refractivity contribution is 7.07. The quantitative estimate of drug-likeness (QED) is 0.199. The molecule has 144 valence electrons. The molecule has 0 radical (unpaired) electrons. The van der Waals surface area contributed by atoms with Crippen molar-refractivity contribution in [2.24, 2.45) is 10.1 Å². The van der Waals surface area contributed by atoms with Crippen molar-refractivity contribution >= 4 is 34.2 Å². The average molecular weight is 404 g/mol. The summed E-state index contributed by atoms with van der Waals surface area (Å²) in [4.78, 5) is 15.6. The van der Waals surface area contributed by atoms with Crippen LogP contribution >= 0.6 is 11.3 Å². The topological polar surface area (TPSA) is 85.9 Å². The molecular formula is C21H16N4O3S. The van der Waals surface area contributed by atoms with Crippen molar-refractivity contribution in [1.82, 2.24) is 4.68 Å². The molecule has 0 bridgehead atoms. The van der Waals surface area contributed by atoms with Crippen molar-refractivity contribution in [2.75, 3.05) is 6.54 Å². The molecule has 0 fully saturated rings. The lowest BCUT2D eigenvalue weighted by atomic mass is 10.2. The number of hydrogen-bond donors (Lipinski definition) is 0. The second kappa shape index (κ2) is 8.07. The van der Waals surface area contributed by atoms with E-state index in [1.165, 1.54) is 23.5 Å². The maximum atomic E-state index is 10.8. The summed E-state index contributed by atoms with van der Waals surface area (Å²) in [6.45, 7) is 4.17. The van der Waals surface area contributed by atoms with Gasteiger partial charge in [-0.2, -0.15) is 5.10 Å². The molecule has 2 aromatic heterocycles. The van der Waals surface area contributed by atoms with Gasteiger partial charge < -0.3 is 4.42 Å². The number of nitro benzene ring substituents is 1. The van der Waals surface area contributed by atoms with Crippen LogP contribution in [0.2, 0.25) is 0 Å². The Morgan fingerprint density at radius 2 is 2.00 bits per heavy atom. The maximum absolute atomic E-state index is 10.8. The largest absolute Gasteiger partial charge is 0.454 e. The number of benzene rings is 2. The highest BCUT2D eigenvalue weighted by Crippen LogP contribution is 2.28. The number of nitrogens with zero attached hydrogens (tertiary/aromatic N) is 4. The fraction of sp³-hybridized carbons (Fsp3) is 0.0476. The van der Waals surface area contributed by atoms with E-state index in [2.05, 4.69) is 16.7 Å². The Bertz CT molecular complexity index is 1250. The third-order valence-corrected chi connectivity index (χ3v) is 5.00. The number of thiazole rings is 1. The van der Waals surface area contributed by atoms with E-state index in [1.807, 2.05) is 35.7 Å². The van der Waals surface area contributed by atoms with Gasteiger partial charge in [0.05, 0.1) is 17.7 Å². The van der Waals surface area contributed by atoms with Gasteiger partial charge >= 0.3 is 0 Å². The van der Waals surface area contributed by atoms with Gasteiger partial charge in [0.25, 0.3) is 5.69 Å². The van der Waals surface area contributed by atoms with Crippen molar-refractivity contribution in [3.8, 4) is 11.5 Å². The molecule has 0 saturated carbocycles. The fourth-order valence-corrected chi connectivity index (χ4v) is 3.57. The number of para-hydroxylation sites is 1. The molecule has 2 aromatic carbocycles. The molecule has 0 aliphatic carbocycles. The van der Waals surface area contributed by atoms with Crippen LogP contribution < -0.4 is 4.80 Å². The van der Waals surface area contributed by atoms with E-state index >= 15 is 0 Å². The summed E-state index contributed by atoms with van der Waals surface area (Å²) < 4.78 is 7.68. The Morgan fingerprint density at radius 3 is 2.72 bits per heavy atom. The Kier molecular flexibility index (Phi) is 5.17. The molecule has 0 aliphatic rings. The smallest absolute Gasteiger partial charge is 0.269 e. The van der Waals surface area contributed by atoms with Crippen molar-refractivity contribution in [3.63, 3.8) is 0 Å². The third kappa shape index (κ3) is 3.92. The van der Waals surface area contributed by atoms with E-state index < -0.39 is 4.92 Å². The molecule has 0 amide bonds. The van der Waals surface area contributed by atoms with E-state index in [0.29, 0.717) is 17.1 Å². The summed E-state index contributed by atoms with van der Waals surface area (Å²) in [5.74, 6) is 0.684. The first-order valence-corrected chi connectivity index (χ1v) is 9.63. The minimum Gasteiger partial charge on any atom is -0.454 e. The summed E-state index contributed by atoms with van der Waals surface area (Å²) in [5.41, 5.74) is 2.34. The standard InChI is InChI=1S/C21H16N4O3S/c1-2-11-22-21-24(23-13-15-7-9-17(10-8-15)25(26)27)18(14-29-21)20-12-16-5-3-4-6-19(16)28-20/h2-10,12-14H,1,11H2. The zero-order valence-corrected chi connectivity index (χ0v) is 16.1. The molecule has 4 aromatic rings. The Balaban J connectivity index is 1.76. The van der Waals surface area contributed by atoms with Crippen LogP contribution in [0.15, 0.2) is 87.1 Å². The first-order valence-electron chi connectivity index (χ1n) is 8.75. The van der Waals surface area contributed by atoms with Gasteiger partial charge in [0, 0.05) is 22.9 Å². The molecule has 0 unspecified atom stereocenters. The fourth-order valence-electron chi connectivity index (χ4n) is 2.75. The molecule has 0 aliphatic heterocycles.